The molecule has 2 aromatic heterocycles. The normalized spacial score (nSPS) is 11.4. The number of pyridine rings is 2. The number of nitrogens with zero attached hydrogens (tertiary/aromatic N) is 2. The second-order valence-electron chi connectivity index (χ2n) is 11.1. The Hall–Kier alpha value is -5.60. The largest absolute Gasteiger partial charge is 0.263 e. The van der Waals surface area contributed by atoms with Crippen molar-refractivity contribution in [2.75, 3.05) is 0 Å². The fourth-order valence-corrected chi connectivity index (χ4v) is 6.33. The Labute approximate surface area is 251 Å². The number of rotatable bonds is 4. The van der Waals surface area contributed by atoms with Gasteiger partial charge in [0.1, 0.15) is 0 Å². The third-order valence-corrected chi connectivity index (χ3v) is 8.44. The van der Waals surface area contributed by atoms with Gasteiger partial charge in [0.2, 0.25) is 0 Å². The number of aromatic nitrogens is 2. The molecule has 0 spiro atoms. The van der Waals surface area contributed by atoms with Crippen molar-refractivity contribution in [3.05, 3.63) is 158 Å². The van der Waals surface area contributed by atoms with E-state index < -0.39 is 0 Å². The SMILES string of the molecule is Cc1ccc(-c2cncc(-c3ccc4cc(-c5c6ccccc6c(-c6ccccc6)c6ccccc56)ccc4c3)c2)cn1. The first-order chi connectivity index (χ1) is 21.2. The van der Waals surface area contributed by atoms with Crippen molar-refractivity contribution < 1.29 is 0 Å². The zero-order valence-corrected chi connectivity index (χ0v) is 23.8. The van der Waals surface area contributed by atoms with E-state index in [4.69, 9.17) is 0 Å². The van der Waals surface area contributed by atoms with E-state index in [0.29, 0.717) is 0 Å². The molecule has 0 aliphatic rings. The molecule has 0 aliphatic carbocycles. The van der Waals surface area contributed by atoms with Crippen molar-refractivity contribution in [2.24, 2.45) is 0 Å². The monoisotopic (exact) mass is 548 g/mol. The molecule has 0 atom stereocenters. The quantitative estimate of drug-likeness (QED) is 0.204. The van der Waals surface area contributed by atoms with Crippen LogP contribution in [0.3, 0.4) is 0 Å². The molecule has 6 aromatic carbocycles. The van der Waals surface area contributed by atoms with Gasteiger partial charge >= 0.3 is 0 Å². The van der Waals surface area contributed by atoms with Crippen molar-refractivity contribution in [2.45, 2.75) is 6.92 Å². The van der Waals surface area contributed by atoms with Gasteiger partial charge < -0.3 is 0 Å². The van der Waals surface area contributed by atoms with Crippen molar-refractivity contribution in [1.29, 1.82) is 0 Å². The molecule has 8 rings (SSSR count). The first-order valence-corrected chi connectivity index (χ1v) is 14.6. The number of hydrogen-bond acceptors (Lipinski definition) is 2. The van der Waals surface area contributed by atoms with Gasteiger partial charge in [-0.15, -0.1) is 0 Å². The zero-order chi connectivity index (χ0) is 28.8. The fourth-order valence-electron chi connectivity index (χ4n) is 6.33. The van der Waals surface area contributed by atoms with E-state index in [0.717, 1.165) is 27.9 Å². The van der Waals surface area contributed by atoms with E-state index in [1.54, 1.807) is 0 Å². The minimum Gasteiger partial charge on any atom is -0.263 e. The molecule has 43 heavy (non-hydrogen) atoms. The minimum absolute atomic E-state index is 1.01. The van der Waals surface area contributed by atoms with Crippen LogP contribution in [0.25, 0.3) is 76.8 Å². The highest BCUT2D eigenvalue weighted by atomic mass is 14.7. The van der Waals surface area contributed by atoms with E-state index in [-0.39, 0.29) is 0 Å². The molecule has 2 heterocycles. The summed E-state index contributed by atoms with van der Waals surface area (Å²) in [5, 5.41) is 7.50. The van der Waals surface area contributed by atoms with E-state index in [9.17, 15) is 0 Å². The minimum atomic E-state index is 1.01. The highest BCUT2D eigenvalue weighted by molar-refractivity contribution is 6.21. The van der Waals surface area contributed by atoms with Crippen LogP contribution in [0.4, 0.5) is 0 Å². The van der Waals surface area contributed by atoms with Crippen LogP contribution in [0.1, 0.15) is 5.69 Å². The number of benzene rings is 6. The highest BCUT2D eigenvalue weighted by Gasteiger charge is 2.16. The lowest BCUT2D eigenvalue weighted by Gasteiger charge is -2.18. The summed E-state index contributed by atoms with van der Waals surface area (Å²) in [5.41, 5.74) is 10.4. The molecule has 0 aliphatic heterocycles. The smallest absolute Gasteiger partial charge is 0.0373 e. The molecule has 0 bridgehead atoms. The second kappa shape index (κ2) is 10.3. The van der Waals surface area contributed by atoms with Crippen molar-refractivity contribution >= 4 is 32.3 Å². The van der Waals surface area contributed by atoms with Gasteiger partial charge in [0.15, 0.2) is 0 Å². The zero-order valence-electron chi connectivity index (χ0n) is 23.8. The Morgan fingerprint density at radius 3 is 1.49 bits per heavy atom. The molecular formula is C41H28N2. The summed E-state index contributed by atoms with van der Waals surface area (Å²) < 4.78 is 0. The summed E-state index contributed by atoms with van der Waals surface area (Å²) in [6, 6.07) is 48.3. The average Bonchev–Trinajstić information content (AvgIpc) is 3.07. The molecule has 8 aromatic rings. The van der Waals surface area contributed by atoms with Crippen LogP contribution in [0, 0.1) is 6.92 Å². The van der Waals surface area contributed by atoms with Gasteiger partial charge in [-0.25, -0.2) is 0 Å². The van der Waals surface area contributed by atoms with E-state index >= 15 is 0 Å². The summed E-state index contributed by atoms with van der Waals surface area (Å²) in [6.07, 6.45) is 5.76. The average molecular weight is 549 g/mol. The van der Waals surface area contributed by atoms with Gasteiger partial charge in [0.05, 0.1) is 0 Å². The molecule has 202 valence electrons. The Morgan fingerprint density at radius 1 is 0.372 bits per heavy atom. The molecular weight excluding hydrogens is 520 g/mol. The lowest BCUT2D eigenvalue weighted by molar-refractivity contribution is 1.20. The molecule has 0 fully saturated rings. The maximum atomic E-state index is 4.55. The summed E-state index contributed by atoms with van der Waals surface area (Å²) in [4.78, 5) is 9.01. The maximum absolute atomic E-state index is 4.55. The first-order valence-electron chi connectivity index (χ1n) is 14.6. The van der Waals surface area contributed by atoms with Crippen LogP contribution < -0.4 is 0 Å². The second-order valence-corrected chi connectivity index (χ2v) is 11.1. The van der Waals surface area contributed by atoms with Gasteiger partial charge in [-0.1, -0.05) is 109 Å². The standard InChI is InChI=1S/C41H28N2/c1-27-15-16-33(26-43-27)35-23-34(24-42-25-35)31-18-17-30-22-32(20-19-29(30)21-31)41-38-13-7-5-11-36(38)40(28-9-3-2-4-10-28)37-12-6-8-14-39(37)41/h2-26H,1H3. The molecule has 0 radical (unpaired) electrons. The number of fused-ring (bicyclic) bond motifs is 3. The van der Waals surface area contributed by atoms with Crippen LogP contribution >= 0.6 is 0 Å². The molecule has 2 heteroatoms. The maximum Gasteiger partial charge on any atom is 0.0373 e. The van der Waals surface area contributed by atoms with E-state index in [2.05, 4.69) is 137 Å². The number of hydrogen-bond donors (Lipinski definition) is 0. The predicted molar refractivity (Wildman–Crippen MR) is 181 cm³/mol. The number of aryl methyl sites for hydroxylation is 1. The lowest BCUT2D eigenvalue weighted by Crippen LogP contribution is -1.91. The van der Waals surface area contributed by atoms with Crippen LogP contribution in [-0.4, -0.2) is 9.97 Å². The Kier molecular flexibility index (Phi) is 6.05. The molecule has 0 N–H and O–H groups in total. The Bertz CT molecular complexity index is 2230. The first kappa shape index (κ1) is 25.1. The van der Waals surface area contributed by atoms with Gasteiger partial charge in [-0.05, 0) is 91.3 Å². The van der Waals surface area contributed by atoms with Crippen LogP contribution in [-0.2, 0) is 0 Å². The summed E-state index contributed by atoms with van der Waals surface area (Å²) in [7, 11) is 0. The van der Waals surface area contributed by atoms with Gasteiger partial charge in [-0.2, -0.15) is 0 Å². The molecule has 0 saturated heterocycles. The molecule has 0 amide bonds. The fraction of sp³-hybridized carbons (Fsp3) is 0.0244. The lowest BCUT2D eigenvalue weighted by atomic mass is 9.85. The van der Waals surface area contributed by atoms with Crippen molar-refractivity contribution in [3.63, 3.8) is 0 Å². The van der Waals surface area contributed by atoms with Gasteiger partial charge in [0, 0.05) is 41.0 Å². The van der Waals surface area contributed by atoms with Crippen molar-refractivity contribution in [3.8, 4) is 44.5 Å². The summed E-state index contributed by atoms with van der Waals surface area (Å²) in [5.74, 6) is 0. The topological polar surface area (TPSA) is 25.8 Å². The van der Waals surface area contributed by atoms with Crippen LogP contribution in [0.15, 0.2) is 152 Å². The van der Waals surface area contributed by atoms with E-state index in [1.807, 2.05) is 31.6 Å². The van der Waals surface area contributed by atoms with Gasteiger partial charge in [-0.3, -0.25) is 9.97 Å². The summed E-state index contributed by atoms with van der Waals surface area (Å²) in [6.45, 7) is 2.00. The van der Waals surface area contributed by atoms with Crippen LogP contribution in [0.2, 0.25) is 0 Å². The molecule has 0 unspecified atom stereocenters. The van der Waals surface area contributed by atoms with Crippen molar-refractivity contribution in [1.82, 2.24) is 9.97 Å². The van der Waals surface area contributed by atoms with E-state index in [1.165, 1.54) is 54.6 Å². The third-order valence-electron chi connectivity index (χ3n) is 8.44. The van der Waals surface area contributed by atoms with Crippen LogP contribution in [0.5, 0.6) is 0 Å². The Morgan fingerprint density at radius 2 is 0.884 bits per heavy atom. The molecule has 2 nitrogen and oxygen atoms in total. The predicted octanol–water partition coefficient (Wildman–Crippen LogP) is 10.9. The van der Waals surface area contributed by atoms with Gasteiger partial charge in [0.25, 0.3) is 0 Å². The summed E-state index contributed by atoms with van der Waals surface area (Å²) >= 11 is 0. The Balaban J connectivity index is 1.26. The highest BCUT2D eigenvalue weighted by Crippen LogP contribution is 2.44. The molecule has 0 saturated carbocycles. The third kappa shape index (κ3) is 4.45.